The fourth-order valence-electron chi connectivity index (χ4n) is 2.42. The molecule has 1 fully saturated rings. The summed E-state index contributed by atoms with van der Waals surface area (Å²) < 4.78 is 0. The Kier molecular flexibility index (Phi) is 5.72. The Hall–Kier alpha value is -2.14. The number of aliphatic hydroxyl groups is 1. The first kappa shape index (κ1) is 16.2. The van der Waals surface area contributed by atoms with Crippen molar-refractivity contribution >= 4 is 23.6 Å². The van der Waals surface area contributed by atoms with Gasteiger partial charge < -0.3 is 15.3 Å². The van der Waals surface area contributed by atoms with Crippen molar-refractivity contribution < 1.29 is 14.7 Å². The zero-order valence-electron chi connectivity index (χ0n) is 12.8. The van der Waals surface area contributed by atoms with Crippen LogP contribution >= 0.6 is 0 Å². The number of benzene rings is 1. The summed E-state index contributed by atoms with van der Waals surface area (Å²) in [6.45, 7) is 2.69. The van der Waals surface area contributed by atoms with Gasteiger partial charge in [0.2, 0.25) is 11.8 Å². The number of amides is 2. The number of hydrogen-bond acceptors (Lipinski definition) is 3. The van der Waals surface area contributed by atoms with Crippen molar-refractivity contribution in [1.29, 1.82) is 0 Å². The predicted octanol–water partition coefficient (Wildman–Crippen LogP) is 1.71. The van der Waals surface area contributed by atoms with E-state index in [1.165, 1.54) is 6.08 Å². The molecule has 0 saturated carbocycles. The number of hydrogen-bond donors (Lipinski definition) is 2. The molecule has 1 atom stereocenters. The maximum absolute atomic E-state index is 11.7. The van der Waals surface area contributed by atoms with Crippen molar-refractivity contribution in [3.05, 3.63) is 35.9 Å². The van der Waals surface area contributed by atoms with E-state index in [2.05, 4.69) is 5.32 Å². The molecule has 118 valence electrons. The van der Waals surface area contributed by atoms with Crippen LogP contribution in [-0.4, -0.2) is 36.1 Å². The van der Waals surface area contributed by atoms with E-state index in [1.54, 1.807) is 11.0 Å². The molecule has 1 aromatic carbocycles. The molecule has 1 aliphatic heterocycles. The van der Waals surface area contributed by atoms with E-state index in [9.17, 15) is 9.59 Å². The Bertz CT molecular complexity index is 552. The van der Waals surface area contributed by atoms with Gasteiger partial charge in [-0.05, 0) is 43.5 Å². The molecule has 1 aliphatic rings. The molecule has 0 bridgehead atoms. The number of carbonyl (C=O) groups excluding carboxylic acids is 2. The van der Waals surface area contributed by atoms with E-state index in [0.717, 1.165) is 24.2 Å². The van der Waals surface area contributed by atoms with Crippen molar-refractivity contribution in [2.75, 3.05) is 18.1 Å². The summed E-state index contributed by atoms with van der Waals surface area (Å²) >= 11 is 0. The molecule has 5 heteroatoms. The fourth-order valence-corrected chi connectivity index (χ4v) is 2.42. The SMILES string of the molecule is CC(CCO)NC(=O)/C=C/c1ccc(N2CCCC2=O)cc1. The predicted molar refractivity (Wildman–Crippen MR) is 86.4 cm³/mol. The third-order valence-corrected chi connectivity index (χ3v) is 3.66. The maximum Gasteiger partial charge on any atom is 0.244 e. The third-order valence-electron chi connectivity index (χ3n) is 3.66. The number of nitrogens with one attached hydrogen (secondary N) is 1. The van der Waals surface area contributed by atoms with Crippen LogP contribution in [0.15, 0.2) is 30.3 Å². The van der Waals surface area contributed by atoms with Crippen LogP contribution < -0.4 is 10.2 Å². The number of rotatable bonds is 6. The first-order chi connectivity index (χ1) is 10.6. The smallest absolute Gasteiger partial charge is 0.244 e. The Labute approximate surface area is 130 Å². The van der Waals surface area contributed by atoms with E-state index >= 15 is 0 Å². The standard InChI is InChI=1S/C17H22N2O3/c1-13(10-12-20)18-16(21)9-6-14-4-7-15(8-5-14)19-11-2-3-17(19)22/h4-9,13,20H,2-3,10-12H2,1H3,(H,18,21)/b9-6+. The topological polar surface area (TPSA) is 69.6 Å². The molecule has 2 N–H and O–H groups in total. The second-order valence-electron chi connectivity index (χ2n) is 5.50. The van der Waals surface area contributed by atoms with Gasteiger partial charge in [-0.15, -0.1) is 0 Å². The summed E-state index contributed by atoms with van der Waals surface area (Å²) in [5.74, 6) is -0.0136. The third kappa shape index (κ3) is 4.43. The van der Waals surface area contributed by atoms with E-state index in [-0.39, 0.29) is 24.5 Å². The quantitative estimate of drug-likeness (QED) is 0.786. The largest absolute Gasteiger partial charge is 0.396 e. The lowest BCUT2D eigenvalue weighted by Gasteiger charge is -2.15. The molecule has 1 saturated heterocycles. The highest BCUT2D eigenvalue weighted by atomic mass is 16.3. The first-order valence-corrected chi connectivity index (χ1v) is 7.60. The van der Waals surface area contributed by atoms with Crippen molar-refractivity contribution in [2.24, 2.45) is 0 Å². The Morgan fingerprint density at radius 1 is 1.41 bits per heavy atom. The van der Waals surface area contributed by atoms with Crippen LogP contribution in [0.25, 0.3) is 6.08 Å². The monoisotopic (exact) mass is 302 g/mol. The number of carbonyl (C=O) groups is 2. The molecule has 2 amide bonds. The van der Waals surface area contributed by atoms with Crippen LogP contribution in [0.3, 0.4) is 0 Å². The average molecular weight is 302 g/mol. The maximum atomic E-state index is 11.7. The van der Waals surface area contributed by atoms with E-state index in [0.29, 0.717) is 12.8 Å². The Morgan fingerprint density at radius 2 is 2.14 bits per heavy atom. The second kappa shape index (κ2) is 7.75. The molecule has 1 unspecified atom stereocenters. The van der Waals surface area contributed by atoms with Crippen LogP contribution in [-0.2, 0) is 9.59 Å². The van der Waals surface area contributed by atoms with E-state index in [1.807, 2.05) is 31.2 Å². The zero-order valence-corrected chi connectivity index (χ0v) is 12.8. The summed E-state index contributed by atoms with van der Waals surface area (Å²) in [4.78, 5) is 25.1. The Balaban J connectivity index is 1.92. The van der Waals surface area contributed by atoms with Crippen LogP contribution in [0.2, 0.25) is 0 Å². The molecule has 0 aromatic heterocycles. The molecular formula is C17H22N2O3. The van der Waals surface area contributed by atoms with E-state index in [4.69, 9.17) is 5.11 Å². The highest BCUT2D eigenvalue weighted by Gasteiger charge is 2.21. The van der Waals surface area contributed by atoms with Gasteiger partial charge in [0.25, 0.3) is 0 Å². The fraction of sp³-hybridized carbons (Fsp3) is 0.412. The molecule has 1 aromatic rings. The summed E-state index contributed by atoms with van der Waals surface area (Å²) in [6, 6.07) is 7.53. The first-order valence-electron chi connectivity index (χ1n) is 7.60. The van der Waals surface area contributed by atoms with Gasteiger partial charge in [-0.3, -0.25) is 9.59 Å². The van der Waals surface area contributed by atoms with Gasteiger partial charge >= 0.3 is 0 Å². The van der Waals surface area contributed by atoms with E-state index < -0.39 is 0 Å². The van der Waals surface area contributed by atoms with Crippen LogP contribution in [0.4, 0.5) is 5.69 Å². The number of aliphatic hydroxyl groups excluding tert-OH is 1. The molecular weight excluding hydrogens is 280 g/mol. The molecule has 0 aliphatic carbocycles. The summed E-state index contributed by atoms with van der Waals surface area (Å²) in [5, 5.41) is 11.6. The minimum atomic E-state index is -0.181. The molecule has 2 rings (SSSR count). The minimum absolute atomic E-state index is 0.0503. The highest BCUT2D eigenvalue weighted by Crippen LogP contribution is 2.21. The van der Waals surface area contributed by atoms with Gasteiger partial charge in [-0.25, -0.2) is 0 Å². The second-order valence-corrected chi connectivity index (χ2v) is 5.50. The van der Waals surface area contributed by atoms with Crippen molar-refractivity contribution in [3.8, 4) is 0 Å². The zero-order chi connectivity index (χ0) is 15.9. The Morgan fingerprint density at radius 3 is 2.73 bits per heavy atom. The van der Waals surface area contributed by atoms with Crippen LogP contribution in [0.1, 0.15) is 31.7 Å². The number of anilines is 1. The summed E-state index contributed by atoms with van der Waals surface area (Å²) in [6.07, 6.45) is 5.28. The van der Waals surface area contributed by atoms with Crippen molar-refractivity contribution in [1.82, 2.24) is 5.32 Å². The molecule has 22 heavy (non-hydrogen) atoms. The highest BCUT2D eigenvalue weighted by molar-refractivity contribution is 5.95. The molecule has 0 spiro atoms. The lowest BCUT2D eigenvalue weighted by molar-refractivity contribution is -0.117. The lowest BCUT2D eigenvalue weighted by Crippen LogP contribution is -2.31. The average Bonchev–Trinajstić information content (AvgIpc) is 2.92. The van der Waals surface area contributed by atoms with Gasteiger partial charge in [-0.1, -0.05) is 12.1 Å². The van der Waals surface area contributed by atoms with Crippen molar-refractivity contribution in [2.45, 2.75) is 32.2 Å². The number of nitrogens with zero attached hydrogens (tertiary/aromatic N) is 1. The van der Waals surface area contributed by atoms with Crippen LogP contribution in [0, 0.1) is 0 Å². The minimum Gasteiger partial charge on any atom is -0.396 e. The van der Waals surface area contributed by atoms with Gasteiger partial charge in [0.1, 0.15) is 0 Å². The molecule has 0 radical (unpaired) electrons. The van der Waals surface area contributed by atoms with Crippen molar-refractivity contribution in [3.63, 3.8) is 0 Å². The summed E-state index contributed by atoms with van der Waals surface area (Å²) in [7, 11) is 0. The van der Waals surface area contributed by atoms with Gasteiger partial charge in [0, 0.05) is 37.4 Å². The molecule has 1 heterocycles. The molecule has 5 nitrogen and oxygen atoms in total. The van der Waals surface area contributed by atoms with Gasteiger partial charge in [-0.2, -0.15) is 0 Å². The lowest BCUT2D eigenvalue weighted by atomic mass is 10.1. The van der Waals surface area contributed by atoms with Gasteiger partial charge in [0.05, 0.1) is 0 Å². The summed E-state index contributed by atoms with van der Waals surface area (Å²) in [5.41, 5.74) is 1.81. The van der Waals surface area contributed by atoms with Gasteiger partial charge in [0.15, 0.2) is 0 Å². The normalized spacial score (nSPS) is 16.3. The van der Waals surface area contributed by atoms with Crippen LogP contribution in [0.5, 0.6) is 0 Å².